The lowest BCUT2D eigenvalue weighted by Gasteiger charge is -2.14. The molecule has 0 radical (unpaired) electrons. The molecule has 0 aromatic heterocycles. The summed E-state index contributed by atoms with van der Waals surface area (Å²) in [5, 5.41) is 3.38. The topological polar surface area (TPSA) is 21.3 Å². The van der Waals surface area contributed by atoms with Gasteiger partial charge in [0, 0.05) is 6.04 Å². The second kappa shape index (κ2) is 5.76. The van der Waals surface area contributed by atoms with Crippen molar-refractivity contribution in [1.82, 2.24) is 5.32 Å². The standard InChI is InChI=1S/C13H21NO/c1-5-14-11(4)12-6-8-13(9-7-12)15-10(2)3/h6-11,14H,5H2,1-4H3/t11-/m0/s1. The van der Waals surface area contributed by atoms with Crippen molar-refractivity contribution in [3.63, 3.8) is 0 Å². The van der Waals surface area contributed by atoms with Gasteiger partial charge in [-0.25, -0.2) is 0 Å². The molecule has 0 heterocycles. The Balaban J connectivity index is 2.63. The maximum Gasteiger partial charge on any atom is 0.119 e. The first-order valence-electron chi connectivity index (χ1n) is 5.63. The van der Waals surface area contributed by atoms with Gasteiger partial charge in [-0.05, 0) is 45.0 Å². The summed E-state index contributed by atoms with van der Waals surface area (Å²) in [6.45, 7) is 9.35. The minimum absolute atomic E-state index is 0.238. The zero-order valence-electron chi connectivity index (χ0n) is 10.1. The van der Waals surface area contributed by atoms with Crippen molar-refractivity contribution >= 4 is 0 Å². The smallest absolute Gasteiger partial charge is 0.119 e. The molecule has 2 heteroatoms. The van der Waals surface area contributed by atoms with E-state index in [0.717, 1.165) is 12.3 Å². The van der Waals surface area contributed by atoms with Gasteiger partial charge < -0.3 is 10.1 Å². The molecule has 1 atom stereocenters. The van der Waals surface area contributed by atoms with Crippen molar-refractivity contribution in [3.8, 4) is 5.75 Å². The Bertz CT molecular complexity index is 279. The monoisotopic (exact) mass is 207 g/mol. The Hall–Kier alpha value is -1.02. The van der Waals surface area contributed by atoms with Crippen LogP contribution in [0.25, 0.3) is 0 Å². The second-order valence-electron chi connectivity index (χ2n) is 4.02. The molecule has 1 N–H and O–H groups in total. The second-order valence-corrected chi connectivity index (χ2v) is 4.02. The number of hydrogen-bond acceptors (Lipinski definition) is 2. The average Bonchev–Trinajstić information content (AvgIpc) is 2.18. The van der Waals surface area contributed by atoms with Gasteiger partial charge in [0.15, 0.2) is 0 Å². The Morgan fingerprint density at radius 2 is 1.73 bits per heavy atom. The van der Waals surface area contributed by atoms with Crippen molar-refractivity contribution < 1.29 is 4.74 Å². The van der Waals surface area contributed by atoms with E-state index in [0.29, 0.717) is 6.04 Å². The van der Waals surface area contributed by atoms with E-state index in [4.69, 9.17) is 4.74 Å². The highest BCUT2D eigenvalue weighted by Gasteiger charge is 2.03. The van der Waals surface area contributed by atoms with E-state index in [9.17, 15) is 0 Å². The Morgan fingerprint density at radius 3 is 2.20 bits per heavy atom. The molecule has 0 bridgehead atoms. The average molecular weight is 207 g/mol. The van der Waals surface area contributed by atoms with E-state index in [1.165, 1.54) is 5.56 Å². The summed E-state index contributed by atoms with van der Waals surface area (Å²) in [4.78, 5) is 0. The maximum atomic E-state index is 5.59. The van der Waals surface area contributed by atoms with Gasteiger partial charge in [0.1, 0.15) is 5.75 Å². The lowest BCUT2D eigenvalue weighted by Crippen LogP contribution is -2.17. The van der Waals surface area contributed by atoms with Gasteiger partial charge in [0.2, 0.25) is 0 Å². The molecule has 0 saturated heterocycles. The van der Waals surface area contributed by atoms with E-state index < -0.39 is 0 Å². The van der Waals surface area contributed by atoms with Gasteiger partial charge in [0.05, 0.1) is 6.10 Å². The van der Waals surface area contributed by atoms with Crippen molar-refractivity contribution in [2.75, 3.05) is 6.54 Å². The van der Waals surface area contributed by atoms with Crippen LogP contribution in [0.2, 0.25) is 0 Å². The van der Waals surface area contributed by atoms with Crippen molar-refractivity contribution in [3.05, 3.63) is 29.8 Å². The van der Waals surface area contributed by atoms with Crippen LogP contribution >= 0.6 is 0 Å². The molecule has 1 rings (SSSR count). The summed E-state index contributed by atoms with van der Waals surface area (Å²) in [5.74, 6) is 0.942. The predicted molar refractivity (Wildman–Crippen MR) is 64.3 cm³/mol. The third kappa shape index (κ3) is 3.92. The highest BCUT2D eigenvalue weighted by molar-refractivity contribution is 5.29. The van der Waals surface area contributed by atoms with Crippen LogP contribution < -0.4 is 10.1 Å². The zero-order valence-corrected chi connectivity index (χ0v) is 10.1. The van der Waals surface area contributed by atoms with Crippen LogP contribution in [-0.4, -0.2) is 12.6 Å². The highest BCUT2D eigenvalue weighted by atomic mass is 16.5. The van der Waals surface area contributed by atoms with E-state index in [-0.39, 0.29) is 6.10 Å². The Kier molecular flexibility index (Phi) is 4.63. The van der Waals surface area contributed by atoms with Crippen molar-refractivity contribution in [2.24, 2.45) is 0 Å². The van der Waals surface area contributed by atoms with Crippen LogP contribution in [0.4, 0.5) is 0 Å². The molecule has 0 saturated carbocycles. The highest BCUT2D eigenvalue weighted by Crippen LogP contribution is 2.18. The predicted octanol–water partition coefficient (Wildman–Crippen LogP) is 3.14. The number of rotatable bonds is 5. The fourth-order valence-corrected chi connectivity index (χ4v) is 1.53. The minimum Gasteiger partial charge on any atom is -0.491 e. The van der Waals surface area contributed by atoms with E-state index >= 15 is 0 Å². The summed E-state index contributed by atoms with van der Waals surface area (Å²) in [6.07, 6.45) is 0.238. The van der Waals surface area contributed by atoms with Crippen LogP contribution in [-0.2, 0) is 0 Å². The molecule has 15 heavy (non-hydrogen) atoms. The molecule has 0 fully saturated rings. The van der Waals surface area contributed by atoms with E-state index in [1.54, 1.807) is 0 Å². The molecule has 0 aliphatic carbocycles. The number of benzene rings is 1. The van der Waals surface area contributed by atoms with Crippen LogP contribution in [0, 0.1) is 0 Å². The summed E-state index contributed by atoms with van der Waals surface area (Å²) in [5.41, 5.74) is 1.30. The summed E-state index contributed by atoms with van der Waals surface area (Å²) < 4.78 is 5.59. The third-order valence-corrected chi connectivity index (χ3v) is 2.26. The summed E-state index contributed by atoms with van der Waals surface area (Å²) >= 11 is 0. The molecule has 84 valence electrons. The van der Waals surface area contributed by atoms with Gasteiger partial charge in [-0.3, -0.25) is 0 Å². The van der Waals surface area contributed by atoms with E-state index in [1.807, 2.05) is 26.0 Å². The molecular weight excluding hydrogens is 186 g/mol. The fraction of sp³-hybridized carbons (Fsp3) is 0.538. The normalized spacial score (nSPS) is 12.9. The van der Waals surface area contributed by atoms with Gasteiger partial charge in [0.25, 0.3) is 0 Å². The molecular formula is C13H21NO. The molecule has 0 amide bonds. The zero-order chi connectivity index (χ0) is 11.3. The first kappa shape index (κ1) is 12.1. The maximum absolute atomic E-state index is 5.59. The summed E-state index contributed by atoms with van der Waals surface area (Å²) in [7, 11) is 0. The quantitative estimate of drug-likeness (QED) is 0.801. The van der Waals surface area contributed by atoms with Crippen molar-refractivity contribution in [2.45, 2.75) is 39.8 Å². The van der Waals surface area contributed by atoms with Crippen LogP contribution in [0.1, 0.15) is 39.3 Å². The molecule has 0 spiro atoms. The van der Waals surface area contributed by atoms with Gasteiger partial charge >= 0.3 is 0 Å². The third-order valence-electron chi connectivity index (χ3n) is 2.26. The molecule has 0 aliphatic rings. The lowest BCUT2D eigenvalue weighted by atomic mass is 10.1. The van der Waals surface area contributed by atoms with Gasteiger partial charge in [-0.15, -0.1) is 0 Å². The first-order chi connectivity index (χ1) is 7.13. The molecule has 0 unspecified atom stereocenters. The number of nitrogens with one attached hydrogen (secondary N) is 1. The lowest BCUT2D eigenvalue weighted by molar-refractivity contribution is 0.242. The molecule has 2 nitrogen and oxygen atoms in total. The molecule has 0 aliphatic heterocycles. The fourth-order valence-electron chi connectivity index (χ4n) is 1.53. The van der Waals surface area contributed by atoms with Crippen LogP contribution in [0.3, 0.4) is 0 Å². The number of ether oxygens (including phenoxy) is 1. The molecule has 1 aromatic rings. The van der Waals surface area contributed by atoms with Crippen LogP contribution in [0.15, 0.2) is 24.3 Å². The Labute approximate surface area is 92.6 Å². The Morgan fingerprint density at radius 1 is 1.13 bits per heavy atom. The van der Waals surface area contributed by atoms with E-state index in [2.05, 4.69) is 31.3 Å². The first-order valence-corrected chi connectivity index (χ1v) is 5.63. The number of hydrogen-bond donors (Lipinski definition) is 1. The molecule has 1 aromatic carbocycles. The van der Waals surface area contributed by atoms with Crippen LogP contribution in [0.5, 0.6) is 5.75 Å². The van der Waals surface area contributed by atoms with Gasteiger partial charge in [-0.2, -0.15) is 0 Å². The minimum atomic E-state index is 0.238. The van der Waals surface area contributed by atoms with Crippen molar-refractivity contribution in [1.29, 1.82) is 0 Å². The largest absolute Gasteiger partial charge is 0.491 e. The van der Waals surface area contributed by atoms with Gasteiger partial charge in [-0.1, -0.05) is 19.1 Å². The summed E-state index contributed by atoms with van der Waals surface area (Å²) in [6, 6.07) is 8.70. The SMILES string of the molecule is CCN[C@@H](C)c1ccc(OC(C)C)cc1.